The van der Waals surface area contributed by atoms with Crippen molar-refractivity contribution in [1.82, 2.24) is 29.8 Å². The van der Waals surface area contributed by atoms with Crippen LogP contribution in [0, 0.1) is 0 Å². The van der Waals surface area contributed by atoms with E-state index in [4.69, 9.17) is 9.84 Å². The first-order valence-electron chi connectivity index (χ1n) is 9.43. The summed E-state index contributed by atoms with van der Waals surface area (Å²) in [6, 6.07) is 12.3. The van der Waals surface area contributed by atoms with Crippen molar-refractivity contribution in [3.05, 3.63) is 66.1 Å². The van der Waals surface area contributed by atoms with E-state index in [2.05, 4.69) is 20.2 Å². The number of aromatic nitrogens is 4. The largest absolute Gasteiger partial charge is 0.476 e. The number of hydrogen-bond acceptors (Lipinski definition) is 7. The molecule has 1 aliphatic rings. The van der Waals surface area contributed by atoms with Gasteiger partial charge in [-0.3, -0.25) is 4.90 Å². The molecule has 0 radical (unpaired) electrons. The van der Waals surface area contributed by atoms with Gasteiger partial charge in [-0.25, -0.2) is 9.59 Å². The standard InChI is InChI=1S/C20H20N6O4/c27-19(28)17-6-8-26(23-17)20(29)25-11-9-24(10-12-25)14-15-3-1-4-16(13-15)30-18-5-2-7-21-22-18/h1-8,13H,9-12,14H2,(H,27,28). The van der Waals surface area contributed by atoms with Gasteiger partial charge in [0.05, 0.1) is 0 Å². The fourth-order valence-electron chi connectivity index (χ4n) is 3.21. The molecule has 1 aromatic carbocycles. The van der Waals surface area contributed by atoms with Crippen LogP contribution in [-0.2, 0) is 6.54 Å². The van der Waals surface area contributed by atoms with E-state index < -0.39 is 5.97 Å². The van der Waals surface area contributed by atoms with Crippen LogP contribution in [0.5, 0.6) is 11.6 Å². The Morgan fingerprint density at radius 1 is 1.07 bits per heavy atom. The van der Waals surface area contributed by atoms with E-state index in [1.54, 1.807) is 23.2 Å². The maximum atomic E-state index is 12.5. The van der Waals surface area contributed by atoms with Gasteiger partial charge in [-0.05, 0) is 29.8 Å². The van der Waals surface area contributed by atoms with Crippen molar-refractivity contribution < 1.29 is 19.4 Å². The molecule has 0 unspecified atom stereocenters. The molecule has 0 aliphatic carbocycles. The molecule has 1 aliphatic heterocycles. The van der Waals surface area contributed by atoms with E-state index in [1.165, 1.54) is 12.3 Å². The summed E-state index contributed by atoms with van der Waals surface area (Å²) in [5, 5.41) is 20.5. The predicted molar refractivity (Wildman–Crippen MR) is 105 cm³/mol. The molecule has 10 heteroatoms. The molecule has 154 valence electrons. The van der Waals surface area contributed by atoms with Crippen LogP contribution in [-0.4, -0.2) is 73.1 Å². The van der Waals surface area contributed by atoms with Crippen LogP contribution < -0.4 is 4.74 Å². The second kappa shape index (κ2) is 8.70. The summed E-state index contributed by atoms with van der Waals surface area (Å²) < 4.78 is 6.80. The number of carboxylic acids is 1. The fraction of sp³-hybridized carbons (Fsp3) is 0.250. The smallest absolute Gasteiger partial charge is 0.356 e. The van der Waals surface area contributed by atoms with Crippen molar-refractivity contribution in [2.45, 2.75) is 6.54 Å². The van der Waals surface area contributed by atoms with E-state index in [-0.39, 0.29) is 11.7 Å². The van der Waals surface area contributed by atoms with Crippen LogP contribution in [0.2, 0.25) is 0 Å². The Labute approximate surface area is 172 Å². The third-order valence-electron chi connectivity index (χ3n) is 4.72. The van der Waals surface area contributed by atoms with Crippen LogP contribution in [0.4, 0.5) is 4.79 Å². The number of benzene rings is 1. The Bertz CT molecular complexity index is 1030. The second-order valence-electron chi connectivity index (χ2n) is 6.81. The third kappa shape index (κ3) is 4.61. The number of hydrogen-bond donors (Lipinski definition) is 1. The van der Waals surface area contributed by atoms with Gasteiger partial charge in [0.2, 0.25) is 5.88 Å². The first-order valence-corrected chi connectivity index (χ1v) is 9.43. The molecule has 3 heterocycles. The Hall–Kier alpha value is -3.79. The summed E-state index contributed by atoms with van der Waals surface area (Å²) in [5.74, 6) is -0.0296. The number of carbonyl (C=O) groups is 2. The monoisotopic (exact) mass is 408 g/mol. The zero-order valence-corrected chi connectivity index (χ0v) is 16.1. The van der Waals surface area contributed by atoms with Crippen molar-refractivity contribution >= 4 is 12.0 Å². The molecule has 1 N–H and O–H groups in total. The molecular weight excluding hydrogens is 388 g/mol. The lowest BCUT2D eigenvalue weighted by Gasteiger charge is -2.34. The van der Waals surface area contributed by atoms with Crippen LogP contribution >= 0.6 is 0 Å². The average Bonchev–Trinajstić information content (AvgIpc) is 3.26. The number of nitrogens with zero attached hydrogens (tertiary/aromatic N) is 6. The number of aromatic carboxylic acids is 1. The molecule has 0 saturated carbocycles. The second-order valence-corrected chi connectivity index (χ2v) is 6.81. The highest BCUT2D eigenvalue weighted by atomic mass is 16.5. The quantitative estimate of drug-likeness (QED) is 0.681. The summed E-state index contributed by atoms with van der Waals surface area (Å²) in [6.07, 6.45) is 2.96. The van der Waals surface area contributed by atoms with Crippen molar-refractivity contribution in [3.8, 4) is 11.6 Å². The minimum atomic E-state index is -1.16. The van der Waals surface area contributed by atoms with Gasteiger partial charge >= 0.3 is 12.0 Å². The van der Waals surface area contributed by atoms with Crippen LogP contribution in [0.1, 0.15) is 16.1 Å². The zero-order chi connectivity index (χ0) is 20.9. The van der Waals surface area contributed by atoms with Crippen molar-refractivity contribution in [3.63, 3.8) is 0 Å². The average molecular weight is 408 g/mol. The van der Waals surface area contributed by atoms with E-state index in [0.717, 1.165) is 16.8 Å². The molecule has 1 amide bonds. The first kappa shape index (κ1) is 19.5. The van der Waals surface area contributed by atoms with Gasteiger partial charge in [-0.1, -0.05) is 12.1 Å². The summed E-state index contributed by atoms with van der Waals surface area (Å²) >= 11 is 0. The number of ether oxygens (including phenoxy) is 1. The molecule has 3 aromatic rings. The van der Waals surface area contributed by atoms with E-state index in [0.29, 0.717) is 37.8 Å². The van der Waals surface area contributed by atoms with Crippen molar-refractivity contribution in [2.75, 3.05) is 26.2 Å². The normalized spacial score (nSPS) is 14.5. The number of piperazine rings is 1. The van der Waals surface area contributed by atoms with Gasteiger partial charge in [-0.15, -0.1) is 5.10 Å². The van der Waals surface area contributed by atoms with Crippen molar-refractivity contribution in [2.24, 2.45) is 0 Å². The molecule has 1 fully saturated rings. The molecule has 4 rings (SSSR count). The highest BCUT2D eigenvalue weighted by molar-refractivity contribution is 5.86. The summed E-state index contributed by atoms with van der Waals surface area (Å²) in [7, 11) is 0. The highest BCUT2D eigenvalue weighted by Crippen LogP contribution is 2.21. The first-order chi connectivity index (χ1) is 14.6. The number of carbonyl (C=O) groups excluding carboxylic acids is 1. The maximum absolute atomic E-state index is 12.5. The maximum Gasteiger partial charge on any atom is 0.356 e. The summed E-state index contributed by atoms with van der Waals surface area (Å²) in [6.45, 7) is 3.21. The summed E-state index contributed by atoms with van der Waals surface area (Å²) in [4.78, 5) is 27.4. The Morgan fingerprint density at radius 2 is 1.90 bits per heavy atom. The lowest BCUT2D eigenvalue weighted by Crippen LogP contribution is -2.49. The van der Waals surface area contributed by atoms with Gasteiger partial charge in [0.15, 0.2) is 5.69 Å². The molecular formula is C20H20N6O4. The SMILES string of the molecule is O=C(O)c1ccn(C(=O)N2CCN(Cc3cccc(Oc4cccnn4)c3)CC2)n1. The Balaban J connectivity index is 1.32. The van der Waals surface area contributed by atoms with E-state index >= 15 is 0 Å². The van der Waals surface area contributed by atoms with Crippen molar-refractivity contribution in [1.29, 1.82) is 0 Å². The summed E-state index contributed by atoms with van der Waals surface area (Å²) in [5.41, 5.74) is 0.944. The lowest BCUT2D eigenvalue weighted by atomic mass is 10.2. The molecule has 2 aromatic heterocycles. The topological polar surface area (TPSA) is 114 Å². The molecule has 1 saturated heterocycles. The number of rotatable bonds is 5. The molecule has 30 heavy (non-hydrogen) atoms. The van der Waals surface area contributed by atoms with E-state index in [9.17, 15) is 9.59 Å². The van der Waals surface area contributed by atoms with Gasteiger partial charge < -0.3 is 14.7 Å². The lowest BCUT2D eigenvalue weighted by molar-refractivity contribution is 0.0689. The Morgan fingerprint density at radius 3 is 2.60 bits per heavy atom. The zero-order valence-electron chi connectivity index (χ0n) is 16.1. The van der Waals surface area contributed by atoms with Gasteiger partial charge in [0, 0.05) is 51.2 Å². The number of carboxylic acid groups (broad SMARTS) is 1. The Kier molecular flexibility index (Phi) is 5.66. The highest BCUT2D eigenvalue weighted by Gasteiger charge is 2.23. The minimum absolute atomic E-state index is 0.148. The third-order valence-corrected chi connectivity index (χ3v) is 4.72. The van der Waals surface area contributed by atoms with Gasteiger partial charge in [0.1, 0.15) is 5.75 Å². The molecule has 10 nitrogen and oxygen atoms in total. The van der Waals surface area contributed by atoms with Gasteiger partial charge in [-0.2, -0.15) is 14.9 Å². The molecule has 0 atom stereocenters. The number of amides is 1. The molecule has 0 spiro atoms. The molecule has 0 bridgehead atoms. The van der Waals surface area contributed by atoms with Gasteiger partial charge in [0.25, 0.3) is 0 Å². The minimum Gasteiger partial charge on any atom is -0.476 e. The van der Waals surface area contributed by atoms with Crippen LogP contribution in [0.15, 0.2) is 54.9 Å². The van der Waals surface area contributed by atoms with Crippen LogP contribution in [0.25, 0.3) is 0 Å². The van der Waals surface area contributed by atoms with Crippen LogP contribution in [0.3, 0.4) is 0 Å². The predicted octanol–water partition coefficient (Wildman–Crippen LogP) is 1.95. The fourth-order valence-corrected chi connectivity index (χ4v) is 3.21. The van der Waals surface area contributed by atoms with E-state index in [1.807, 2.05) is 24.3 Å².